The Morgan fingerprint density at radius 2 is 1.85 bits per heavy atom. The molecule has 2 heterocycles. The van der Waals surface area contributed by atoms with Crippen LogP contribution in [0.5, 0.6) is 0 Å². The number of nitrogens with zero attached hydrogens (tertiary/aromatic N) is 1. The molecule has 0 saturated heterocycles. The molecule has 1 aliphatic heterocycles. The van der Waals surface area contributed by atoms with Crippen LogP contribution in [-0.2, 0) is 10.1 Å². The van der Waals surface area contributed by atoms with Crippen molar-refractivity contribution in [1.82, 2.24) is 0 Å². The van der Waals surface area contributed by atoms with Gasteiger partial charge in [0.05, 0.1) is 5.41 Å². The van der Waals surface area contributed by atoms with Crippen molar-refractivity contribution >= 4 is 19.5 Å². The number of allylic oxidation sites excluding steroid dienone is 4. The largest absolute Gasteiger partial charge is 0.273 e. The van der Waals surface area contributed by atoms with Gasteiger partial charge in [-0.25, -0.2) is 0 Å². The van der Waals surface area contributed by atoms with Crippen LogP contribution in [0.1, 0.15) is 85.8 Å². The van der Waals surface area contributed by atoms with Gasteiger partial charge in [-0.2, -0.15) is 4.57 Å². The van der Waals surface area contributed by atoms with E-state index < -0.39 is 0 Å². The Balaban J connectivity index is 2.66. The molecule has 0 amide bonds. The van der Waals surface area contributed by atoms with Crippen molar-refractivity contribution in [2.45, 2.75) is 85.6 Å². The number of unbranched alkanes of at least 4 members (excludes halogenated alkanes) is 3. The Kier molecular flexibility index (Phi) is 6.97. The lowest BCUT2D eigenvalue weighted by atomic mass is 9.60. The zero-order valence-corrected chi connectivity index (χ0v) is 18.3. The Hall–Kier alpha value is -1.27. The number of aromatic nitrogens is 1. The van der Waals surface area contributed by atoms with Gasteiger partial charge in [0, 0.05) is 31.1 Å². The summed E-state index contributed by atoms with van der Waals surface area (Å²) in [6, 6.07) is 6.20. The van der Waals surface area contributed by atoms with E-state index in [-0.39, 0.29) is 19.4 Å². The molecular weight excluding hydrogens is 337 g/mol. The molecule has 3 heteroatoms. The summed E-state index contributed by atoms with van der Waals surface area (Å²) >= 11 is 0. The van der Waals surface area contributed by atoms with Gasteiger partial charge in [-0.05, 0) is 44.7 Å². The van der Waals surface area contributed by atoms with Crippen molar-refractivity contribution in [1.29, 1.82) is 0 Å². The van der Waals surface area contributed by atoms with E-state index in [1.165, 1.54) is 36.1 Å². The van der Waals surface area contributed by atoms with Crippen molar-refractivity contribution in [3.63, 3.8) is 0 Å². The van der Waals surface area contributed by atoms with Gasteiger partial charge in [-0.15, -0.1) is 0 Å². The minimum Gasteiger partial charge on any atom is -0.263 e. The summed E-state index contributed by atoms with van der Waals surface area (Å²) in [7, 11) is 0.0930. The van der Waals surface area contributed by atoms with Crippen molar-refractivity contribution in [3.05, 3.63) is 41.6 Å². The van der Waals surface area contributed by atoms with Gasteiger partial charge in [0.25, 0.3) is 13.9 Å². The Labute approximate surface area is 161 Å². The van der Waals surface area contributed by atoms with Crippen LogP contribution < -0.4 is 10.0 Å². The van der Waals surface area contributed by atoms with E-state index >= 15 is 0 Å². The van der Waals surface area contributed by atoms with Crippen LogP contribution in [0.15, 0.2) is 35.9 Å². The van der Waals surface area contributed by atoms with Gasteiger partial charge < -0.3 is 0 Å². The third-order valence-electron chi connectivity index (χ3n) is 6.78. The summed E-state index contributed by atoms with van der Waals surface area (Å²) in [5.41, 5.74) is 4.74. The van der Waals surface area contributed by atoms with Gasteiger partial charge in [0.15, 0.2) is 5.54 Å². The highest BCUT2D eigenvalue weighted by molar-refractivity contribution is 7.33. The van der Waals surface area contributed by atoms with E-state index in [4.69, 9.17) is 0 Å². The SMILES string of the molecule is CCCCCC=CC1=C(C)c2cccc(P=O)[n+]2C(C)(CC)C1(C)CC. The number of hydrogen-bond donors (Lipinski definition) is 0. The van der Waals surface area contributed by atoms with Crippen molar-refractivity contribution < 1.29 is 9.13 Å². The highest BCUT2D eigenvalue weighted by Crippen LogP contribution is 2.51. The third-order valence-corrected chi connectivity index (χ3v) is 7.32. The lowest BCUT2D eigenvalue weighted by Crippen LogP contribution is -2.71. The number of pyridine rings is 1. The van der Waals surface area contributed by atoms with E-state index in [0.717, 1.165) is 24.7 Å². The minimum atomic E-state index is -0.103. The van der Waals surface area contributed by atoms with Crippen molar-refractivity contribution in [2.75, 3.05) is 0 Å². The Morgan fingerprint density at radius 3 is 2.42 bits per heavy atom. The van der Waals surface area contributed by atoms with Gasteiger partial charge in [0.1, 0.15) is 0 Å². The van der Waals surface area contributed by atoms with Crippen LogP contribution in [0, 0.1) is 5.41 Å². The average Bonchev–Trinajstić information content (AvgIpc) is 2.67. The molecule has 2 nitrogen and oxygen atoms in total. The maximum Gasteiger partial charge on any atom is 0.273 e. The monoisotopic (exact) mass is 372 g/mol. The fourth-order valence-corrected chi connectivity index (χ4v) is 5.17. The van der Waals surface area contributed by atoms with Crippen LogP contribution in [0.25, 0.3) is 5.57 Å². The molecule has 1 aromatic rings. The second-order valence-corrected chi connectivity index (χ2v) is 8.59. The lowest BCUT2D eigenvalue weighted by Gasteiger charge is -2.46. The summed E-state index contributed by atoms with van der Waals surface area (Å²) in [6.07, 6.45) is 11.8. The molecule has 1 aliphatic rings. The van der Waals surface area contributed by atoms with E-state index in [2.05, 4.69) is 64.3 Å². The summed E-state index contributed by atoms with van der Waals surface area (Å²) in [5.74, 6) is 0. The second kappa shape index (κ2) is 8.61. The lowest BCUT2D eigenvalue weighted by molar-refractivity contribution is -0.764. The predicted molar refractivity (Wildman–Crippen MR) is 112 cm³/mol. The first-order valence-electron chi connectivity index (χ1n) is 10.2. The molecule has 0 radical (unpaired) electrons. The molecular formula is C23H35NOP+. The average molecular weight is 373 g/mol. The standard InChI is InChI=1S/C23H35NOP/c1-7-10-11-12-13-15-19-18(4)20-16-14-17-21(26-25)24(20)23(6,9-3)22(19,5)8-2/h13-17H,7-12H2,1-6H3/q+1. The van der Waals surface area contributed by atoms with Gasteiger partial charge in [-0.1, -0.05) is 45.8 Å². The van der Waals surface area contributed by atoms with E-state index in [1.807, 2.05) is 12.1 Å². The highest BCUT2D eigenvalue weighted by Gasteiger charge is 2.57. The van der Waals surface area contributed by atoms with Crippen LogP contribution >= 0.6 is 8.46 Å². The normalized spacial score (nSPS) is 25.9. The molecule has 2 unspecified atom stereocenters. The van der Waals surface area contributed by atoms with Crippen molar-refractivity contribution in [3.8, 4) is 0 Å². The fraction of sp³-hybridized carbons (Fsp3) is 0.609. The number of fused-ring (bicyclic) bond motifs is 1. The van der Waals surface area contributed by atoms with E-state index in [9.17, 15) is 4.57 Å². The molecule has 0 bridgehead atoms. The first-order valence-corrected chi connectivity index (χ1v) is 11.0. The van der Waals surface area contributed by atoms with Crippen LogP contribution in [0.3, 0.4) is 0 Å². The summed E-state index contributed by atoms with van der Waals surface area (Å²) < 4.78 is 14.2. The molecule has 0 fully saturated rings. The van der Waals surface area contributed by atoms with Gasteiger partial charge in [-0.3, -0.25) is 4.57 Å². The van der Waals surface area contributed by atoms with Crippen LogP contribution in [-0.4, -0.2) is 0 Å². The number of hydrogen-bond acceptors (Lipinski definition) is 1. The molecule has 1 aromatic heterocycles. The molecule has 2 atom stereocenters. The molecule has 2 rings (SSSR count). The highest BCUT2D eigenvalue weighted by atomic mass is 31.1. The molecule has 142 valence electrons. The molecule has 0 saturated carbocycles. The van der Waals surface area contributed by atoms with Gasteiger partial charge >= 0.3 is 0 Å². The smallest absolute Gasteiger partial charge is 0.263 e. The van der Waals surface area contributed by atoms with Crippen LogP contribution in [0.4, 0.5) is 0 Å². The first kappa shape index (κ1) is 21.0. The quantitative estimate of drug-likeness (QED) is 0.296. The maximum atomic E-state index is 11.9. The topological polar surface area (TPSA) is 20.9 Å². The number of rotatable bonds is 8. The van der Waals surface area contributed by atoms with Crippen LogP contribution in [0.2, 0.25) is 0 Å². The Morgan fingerprint density at radius 1 is 1.12 bits per heavy atom. The van der Waals surface area contributed by atoms with E-state index in [0.29, 0.717) is 0 Å². The summed E-state index contributed by atoms with van der Waals surface area (Å²) in [6.45, 7) is 13.7. The molecule has 0 aliphatic carbocycles. The third kappa shape index (κ3) is 3.33. The minimum absolute atomic E-state index is 0.00551. The first-order chi connectivity index (χ1) is 12.4. The van der Waals surface area contributed by atoms with E-state index in [1.54, 1.807) is 0 Å². The predicted octanol–water partition coefficient (Wildman–Crippen LogP) is 6.36. The molecule has 26 heavy (non-hydrogen) atoms. The molecule has 0 spiro atoms. The summed E-state index contributed by atoms with van der Waals surface area (Å²) in [4.78, 5) is 0. The summed E-state index contributed by atoms with van der Waals surface area (Å²) in [5, 5.41) is 0. The second-order valence-electron chi connectivity index (χ2n) is 7.95. The van der Waals surface area contributed by atoms with Crippen molar-refractivity contribution in [2.24, 2.45) is 5.41 Å². The zero-order chi connectivity index (χ0) is 19.4. The molecule has 0 aromatic carbocycles. The molecule has 0 N–H and O–H groups in total. The van der Waals surface area contributed by atoms with Gasteiger partial charge in [0.2, 0.25) is 5.69 Å². The fourth-order valence-electron chi connectivity index (χ4n) is 4.61. The maximum absolute atomic E-state index is 11.9. The zero-order valence-electron chi connectivity index (χ0n) is 17.4. The Bertz CT molecular complexity index is 721.